The molecule has 0 heterocycles. The van der Waals surface area contributed by atoms with E-state index < -0.39 is 0 Å². The Morgan fingerprint density at radius 3 is 1.85 bits per heavy atom. The maximum absolute atomic E-state index is 2.59. The molecule has 60 heavy (non-hydrogen) atoms. The van der Waals surface area contributed by atoms with Crippen molar-refractivity contribution in [1.82, 2.24) is 0 Å². The molecule has 1 nitrogen and oxygen atoms in total. The second kappa shape index (κ2) is 14.2. The van der Waals surface area contributed by atoms with Crippen LogP contribution in [0.2, 0.25) is 0 Å². The van der Waals surface area contributed by atoms with Gasteiger partial charge in [-0.15, -0.1) is 0 Å². The van der Waals surface area contributed by atoms with Gasteiger partial charge >= 0.3 is 0 Å². The van der Waals surface area contributed by atoms with Gasteiger partial charge in [0.05, 0.1) is 5.41 Å². The fourth-order valence-electron chi connectivity index (χ4n) is 11.9. The third kappa shape index (κ3) is 5.58. The molecule has 294 valence electrons. The first kappa shape index (κ1) is 36.9. The van der Waals surface area contributed by atoms with Gasteiger partial charge in [-0.3, -0.25) is 0 Å². The van der Waals surface area contributed by atoms with E-state index in [0.29, 0.717) is 11.3 Å². The van der Waals surface area contributed by atoms with Crippen LogP contribution in [0.4, 0.5) is 17.1 Å². The molecule has 2 atom stereocenters. The van der Waals surface area contributed by atoms with E-state index in [-0.39, 0.29) is 5.41 Å². The monoisotopic (exact) mass is 775 g/mol. The van der Waals surface area contributed by atoms with E-state index in [1.54, 1.807) is 11.1 Å². The Morgan fingerprint density at radius 2 is 1.13 bits per heavy atom. The van der Waals surface area contributed by atoms with Crippen LogP contribution in [0.3, 0.4) is 0 Å². The summed E-state index contributed by atoms with van der Waals surface area (Å²) in [5, 5.41) is 0. The number of allylic oxidation sites excluding steroid dienone is 4. The number of hydrogen-bond acceptors (Lipinski definition) is 1. The van der Waals surface area contributed by atoms with Crippen LogP contribution >= 0.6 is 0 Å². The molecule has 1 fully saturated rings. The lowest BCUT2D eigenvalue weighted by molar-refractivity contribution is 0.349. The molecule has 1 saturated carbocycles. The SMILES string of the molecule is Cc1ccc2c(c1)C1(c3ccc(N(c4ccccc4)c4ccccc4)cc3)C=CCc3c(C)ccc-2c31.Cc1ccc2c(c1)C1C=CC3(CCCCC3)c3c(C)ccc-2c31. The normalized spacial score (nSPS) is 19.2. The molecule has 12 rings (SSSR count). The fraction of sp³-hybridized carbons (Fsp3) is 0.220. The number of benzene rings is 7. The summed E-state index contributed by atoms with van der Waals surface area (Å²) in [6.45, 7) is 9.01. The molecule has 5 aliphatic rings. The zero-order chi connectivity index (χ0) is 40.6. The maximum atomic E-state index is 2.59. The molecule has 7 aromatic carbocycles. The van der Waals surface area contributed by atoms with Crippen molar-refractivity contribution in [1.29, 1.82) is 0 Å². The molecule has 5 aliphatic carbocycles. The number of hydrogen-bond donors (Lipinski definition) is 0. The molecule has 1 spiro atoms. The minimum atomic E-state index is -0.251. The summed E-state index contributed by atoms with van der Waals surface area (Å²) in [5.74, 6) is 0.488. The smallest absolute Gasteiger partial charge is 0.0647 e. The van der Waals surface area contributed by atoms with E-state index in [1.807, 2.05) is 0 Å². The molecule has 7 aromatic rings. The molecule has 0 aromatic heterocycles. The third-order valence-electron chi connectivity index (χ3n) is 14.6. The second-order valence-electron chi connectivity index (χ2n) is 18.2. The third-order valence-corrected chi connectivity index (χ3v) is 14.6. The zero-order valence-electron chi connectivity index (χ0n) is 35.4. The molecule has 0 saturated heterocycles. The summed E-state index contributed by atoms with van der Waals surface area (Å²) in [7, 11) is 0. The first-order valence-corrected chi connectivity index (χ1v) is 22.2. The highest BCUT2D eigenvalue weighted by Gasteiger charge is 2.46. The predicted octanol–water partition coefficient (Wildman–Crippen LogP) is 15.4. The summed E-state index contributed by atoms with van der Waals surface area (Å²) in [4.78, 5) is 2.33. The average Bonchev–Trinajstić information content (AvgIpc) is 3.75. The summed E-state index contributed by atoms with van der Waals surface area (Å²) >= 11 is 0. The molecular formula is C59H53N. The van der Waals surface area contributed by atoms with Crippen LogP contribution in [0, 0.1) is 27.7 Å². The Morgan fingerprint density at radius 1 is 0.517 bits per heavy atom. The van der Waals surface area contributed by atoms with Gasteiger partial charge in [-0.1, -0.05) is 164 Å². The molecule has 1 heteroatoms. The topological polar surface area (TPSA) is 3.24 Å². The Balaban J connectivity index is 0.000000152. The Bertz CT molecular complexity index is 2810. The Kier molecular flexibility index (Phi) is 8.75. The van der Waals surface area contributed by atoms with Gasteiger partial charge in [-0.05, 0) is 156 Å². The van der Waals surface area contributed by atoms with Crippen LogP contribution in [-0.4, -0.2) is 0 Å². The van der Waals surface area contributed by atoms with Crippen molar-refractivity contribution < 1.29 is 0 Å². The van der Waals surface area contributed by atoms with Gasteiger partial charge in [-0.2, -0.15) is 0 Å². The van der Waals surface area contributed by atoms with Crippen LogP contribution in [-0.2, 0) is 17.3 Å². The minimum Gasteiger partial charge on any atom is -0.311 e. The van der Waals surface area contributed by atoms with Gasteiger partial charge < -0.3 is 4.90 Å². The first-order valence-electron chi connectivity index (χ1n) is 22.2. The predicted molar refractivity (Wildman–Crippen MR) is 252 cm³/mol. The van der Waals surface area contributed by atoms with Crippen LogP contribution < -0.4 is 4.90 Å². The number of rotatable bonds is 4. The molecule has 0 amide bonds. The van der Waals surface area contributed by atoms with Gasteiger partial charge in [0.1, 0.15) is 0 Å². The Hall–Kier alpha value is -6.18. The lowest BCUT2D eigenvalue weighted by Crippen LogP contribution is -2.31. The van der Waals surface area contributed by atoms with Crippen molar-refractivity contribution in [3.63, 3.8) is 0 Å². The largest absolute Gasteiger partial charge is 0.311 e. The van der Waals surface area contributed by atoms with Crippen LogP contribution in [0.25, 0.3) is 22.3 Å². The molecule has 0 N–H and O–H groups in total. The van der Waals surface area contributed by atoms with E-state index in [2.05, 4.69) is 202 Å². The molecule has 0 radical (unpaired) electrons. The van der Waals surface area contributed by atoms with Crippen molar-refractivity contribution in [2.45, 2.75) is 83.0 Å². The number of fused-ring (bicyclic) bond motifs is 7. The van der Waals surface area contributed by atoms with Gasteiger partial charge in [0, 0.05) is 28.4 Å². The highest BCUT2D eigenvalue weighted by Crippen LogP contribution is 2.58. The van der Waals surface area contributed by atoms with E-state index in [4.69, 9.17) is 0 Å². The average molecular weight is 776 g/mol. The molecule has 0 aliphatic heterocycles. The van der Waals surface area contributed by atoms with Crippen molar-refractivity contribution in [3.8, 4) is 22.3 Å². The van der Waals surface area contributed by atoms with Crippen molar-refractivity contribution in [2.24, 2.45) is 0 Å². The second-order valence-corrected chi connectivity index (χ2v) is 18.2. The summed E-state index contributed by atoms with van der Waals surface area (Å²) in [6, 6.07) is 53.9. The number of anilines is 3. The van der Waals surface area contributed by atoms with Crippen LogP contribution in [0.5, 0.6) is 0 Å². The van der Waals surface area contributed by atoms with Crippen LogP contribution in [0.1, 0.15) is 99.2 Å². The number of aryl methyl sites for hydroxylation is 4. The van der Waals surface area contributed by atoms with E-state index in [1.165, 1.54) is 104 Å². The maximum Gasteiger partial charge on any atom is 0.0647 e. The van der Waals surface area contributed by atoms with Crippen molar-refractivity contribution >= 4 is 17.1 Å². The number of nitrogens with zero attached hydrogens (tertiary/aromatic N) is 1. The highest BCUT2D eigenvalue weighted by molar-refractivity contribution is 5.88. The lowest BCUT2D eigenvalue weighted by atomic mass is 9.62. The minimum absolute atomic E-state index is 0.251. The van der Waals surface area contributed by atoms with E-state index in [0.717, 1.165) is 23.5 Å². The van der Waals surface area contributed by atoms with Crippen LogP contribution in [0.15, 0.2) is 170 Å². The summed E-state index contributed by atoms with van der Waals surface area (Å²) in [5.41, 5.74) is 25.3. The lowest BCUT2D eigenvalue weighted by Gasteiger charge is -2.41. The summed E-state index contributed by atoms with van der Waals surface area (Å²) < 4.78 is 0. The van der Waals surface area contributed by atoms with Gasteiger partial charge in [-0.25, -0.2) is 0 Å². The zero-order valence-corrected chi connectivity index (χ0v) is 35.4. The first-order chi connectivity index (χ1) is 29.4. The molecule has 2 unspecified atom stereocenters. The molecular weight excluding hydrogens is 723 g/mol. The molecule has 0 bridgehead atoms. The quantitative estimate of drug-likeness (QED) is 0.161. The fourth-order valence-corrected chi connectivity index (χ4v) is 11.9. The Labute approximate surface area is 356 Å². The van der Waals surface area contributed by atoms with Gasteiger partial charge in [0.25, 0.3) is 0 Å². The summed E-state index contributed by atoms with van der Waals surface area (Å²) in [6.07, 6.45) is 17.8. The highest BCUT2D eigenvalue weighted by atomic mass is 15.1. The van der Waals surface area contributed by atoms with Gasteiger partial charge in [0.15, 0.2) is 0 Å². The van der Waals surface area contributed by atoms with E-state index in [9.17, 15) is 0 Å². The van der Waals surface area contributed by atoms with Gasteiger partial charge in [0.2, 0.25) is 0 Å². The van der Waals surface area contributed by atoms with E-state index >= 15 is 0 Å². The standard InChI is InChI=1S/C36H29N.C23H24/c1-25-15-21-32-33-22-16-26(2)31-14-9-23-36(35(31)33,34(32)24-25)27-17-19-30(20-18-27)37(28-10-5-3-6-11-28)29-12-7-4-8-13-29;1-15-6-8-17-18-9-7-16(2)22-21(18)19(20(17)14-15)10-13-23(22)11-4-3-5-12-23/h3-13,15-24H,14H2,1-2H3;6-10,13-14,19H,3-5,11-12H2,1-2H3. The van der Waals surface area contributed by atoms with Crippen molar-refractivity contribution in [3.05, 3.63) is 231 Å². The van der Waals surface area contributed by atoms with Crippen molar-refractivity contribution in [2.75, 3.05) is 4.90 Å². The number of para-hydroxylation sites is 2.